The molecule has 6 heteroatoms. The Labute approximate surface area is 121 Å². The first-order valence-corrected chi connectivity index (χ1v) is 8.34. The number of rotatable bonds is 7. The number of aliphatic hydroxyl groups excluding tert-OH is 1. The van der Waals surface area contributed by atoms with Gasteiger partial charge in [0.1, 0.15) is 0 Å². The maximum atomic E-state index is 12.1. The molecule has 0 aliphatic carbocycles. The Morgan fingerprint density at radius 3 is 2.40 bits per heavy atom. The molecule has 0 aromatic heterocycles. The highest BCUT2D eigenvalue weighted by molar-refractivity contribution is 7.89. The Morgan fingerprint density at radius 2 is 1.90 bits per heavy atom. The fourth-order valence-corrected chi connectivity index (χ4v) is 3.15. The molecular formula is C14H24N2O3S. The molecule has 0 radical (unpaired) electrons. The second kappa shape index (κ2) is 7.06. The molecule has 0 amide bonds. The molecule has 0 saturated heterocycles. The lowest BCUT2D eigenvalue weighted by atomic mass is 9.97. The summed E-state index contributed by atoms with van der Waals surface area (Å²) in [6.45, 7) is 5.79. The van der Waals surface area contributed by atoms with Gasteiger partial charge in [-0.2, -0.15) is 0 Å². The van der Waals surface area contributed by atoms with Gasteiger partial charge in [-0.1, -0.05) is 32.8 Å². The van der Waals surface area contributed by atoms with Gasteiger partial charge in [0, 0.05) is 12.2 Å². The monoisotopic (exact) mass is 300 g/mol. The van der Waals surface area contributed by atoms with Crippen molar-refractivity contribution in [3.05, 3.63) is 23.8 Å². The molecule has 1 rings (SSSR count). The molecule has 1 aromatic carbocycles. The Kier molecular flexibility index (Phi) is 5.98. The minimum Gasteiger partial charge on any atom is -0.398 e. The van der Waals surface area contributed by atoms with Crippen molar-refractivity contribution in [3.8, 4) is 0 Å². The summed E-state index contributed by atoms with van der Waals surface area (Å²) in [5.41, 5.74) is 7.00. The van der Waals surface area contributed by atoms with Crippen LogP contribution in [0.4, 0.5) is 5.69 Å². The molecule has 0 aliphatic rings. The standard InChI is InChI=1S/C14H24N2O3S/c1-4-11(5-2)14(17)9-16-20(18,19)12-7-6-10(3)13(15)8-12/h6-8,11,14,16-17H,4-5,9,15H2,1-3H3. The van der Waals surface area contributed by atoms with Crippen LogP contribution in [0.3, 0.4) is 0 Å². The predicted molar refractivity (Wildman–Crippen MR) is 80.9 cm³/mol. The fourth-order valence-electron chi connectivity index (χ4n) is 2.06. The van der Waals surface area contributed by atoms with E-state index in [1.165, 1.54) is 12.1 Å². The summed E-state index contributed by atoms with van der Waals surface area (Å²) < 4.78 is 26.7. The van der Waals surface area contributed by atoms with Gasteiger partial charge >= 0.3 is 0 Å². The molecule has 1 unspecified atom stereocenters. The van der Waals surface area contributed by atoms with E-state index in [1.54, 1.807) is 6.07 Å². The maximum Gasteiger partial charge on any atom is 0.240 e. The Morgan fingerprint density at radius 1 is 1.30 bits per heavy atom. The van der Waals surface area contributed by atoms with Crippen molar-refractivity contribution in [2.24, 2.45) is 5.92 Å². The summed E-state index contributed by atoms with van der Waals surface area (Å²) in [5.74, 6) is 0.0980. The third-order valence-corrected chi connectivity index (χ3v) is 5.06. The van der Waals surface area contributed by atoms with E-state index in [0.717, 1.165) is 18.4 Å². The molecule has 0 saturated carbocycles. The molecule has 0 heterocycles. The number of nitrogen functional groups attached to an aromatic ring is 1. The highest BCUT2D eigenvalue weighted by Gasteiger charge is 2.20. The van der Waals surface area contributed by atoms with Crippen LogP contribution >= 0.6 is 0 Å². The third-order valence-electron chi connectivity index (χ3n) is 3.64. The van der Waals surface area contributed by atoms with Crippen LogP contribution in [-0.4, -0.2) is 26.2 Å². The van der Waals surface area contributed by atoms with Gasteiger partial charge in [0.05, 0.1) is 11.0 Å². The van der Waals surface area contributed by atoms with Crippen LogP contribution in [0.25, 0.3) is 0 Å². The lowest BCUT2D eigenvalue weighted by molar-refractivity contribution is 0.107. The first-order chi connectivity index (χ1) is 9.31. The zero-order chi connectivity index (χ0) is 15.3. The van der Waals surface area contributed by atoms with E-state index in [-0.39, 0.29) is 17.4 Å². The van der Waals surface area contributed by atoms with Crippen molar-refractivity contribution in [2.45, 2.75) is 44.6 Å². The maximum absolute atomic E-state index is 12.1. The molecule has 1 aromatic rings. The number of sulfonamides is 1. The molecule has 1 atom stereocenters. The lowest BCUT2D eigenvalue weighted by Gasteiger charge is -2.20. The summed E-state index contributed by atoms with van der Waals surface area (Å²) in [5, 5.41) is 9.97. The molecule has 114 valence electrons. The van der Waals surface area contributed by atoms with E-state index < -0.39 is 16.1 Å². The number of aryl methyl sites for hydroxylation is 1. The average molecular weight is 300 g/mol. The van der Waals surface area contributed by atoms with Gasteiger partial charge in [-0.15, -0.1) is 0 Å². The van der Waals surface area contributed by atoms with Gasteiger partial charge in [0.15, 0.2) is 0 Å². The second-order valence-corrected chi connectivity index (χ2v) is 6.78. The zero-order valence-electron chi connectivity index (χ0n) is 12.3. The molecule has 0 spiro atoms. The van der Waals surface area contributed by atoms with E-state index >= 15 is 0 Å². The van der Waals surface area contributed by atoms with Crippen LogP contribution in [0.1, 0.15) is 32.3 Å². The zero-order valence-corrected chi connectivity index (χ0v) is 13.1. The number of aliphatic hydroxyl groups is 1. The minimum atomic E-state index is -3.63. The number of nitrogens with two attached hydrogens (primary N) is 1. The topological polar surface area (TPSA) is 92.4 Å². The second-order valence-electron chi connectivity index (χ2n) is 5.01. The number of nitrogens with one attached hydrogen (secondary N) is 1. The van der Waals surface area contributed by atoms with Crippen molar-refractivity contribution < 1.29 is 13.5 Å². The third kappa shape index (κ3) is 4.19. The normalized spacial score (nSPS) is 13.7. The van der Waals surface area contributed by atoms with Gasteiger partial charge in [-0.05, 0) is 30.5 Å². The molecule has 20 heavy (non-hydrogen) atoms. The number of hydrogen-bond donors (Lipinski definition) is 3. The van der Waals surface area contributed by atoms with E-state index in [1.807, 2.05) is 20.8 Å². The van der Waals surface area contributed by atoms with Crippen LogP contribution in [0.15, 0.2) is 23.1 Å². The van der Waals surface area contributed by atoms with Crippen molar-refractivity contribution in [2.75, 3.05) is 12.3 Å². The van der Waals surface area contributed by atoms with Gasteiger partial charge in [-0.25, -0.2) is 13.1 Å². The van der Waals surface area contributed by atoms with Crippen molar-refractivity contribution in [3.63, 3.8) is 0 Å². The van der Waals surface area contributed by atoms with E-state index in [0.29, 0.717) is 5.69 Å². The van der Waals surface area contributed by atoms with Gasteiger partial charge < -0.3 is 10.8 Å². The van der Waals surface area contributed by atoms with Crippen molar-refractivity contribution >= 4 is 15.7 Å². The summed E-state index contributed by atoms with van der Waals surface area (Å²) in [6, 6.07) is 4.61. The van der Waals surface area contributed by atoms with Crippen molar-refractivity contribution in [1.82, 2.24) is 4.72 Å². The number of benzene rings is 1. The molecule has 0 bridgehead atoms. The van der Waals surface area contributed by atoms with E-state index in [4.69, 9.17) is 5.73 Å². The quantitative estimate of drug-likeness (QED) is 0.668. The smallest absolute Gasteiger partial charge is 0.240 e. The van der Waals surface area contributed by atoms with Crippen molar-refractivity contribution in [1.29, 1.82) is 0 Å². The molecule has 5 nitrogen and oxygen atoms in total. The Balaban J connectivity index is 2.77. The highest BCUT2D eigenvalue weighted by Crippen LogP contribution is 2.18. The van der Waals surface area contributed by atoms with Gasteiger partial charge in [0.25, 0.3) is 0 Å². The Hall–Kier alpha value is -1.11. The van der Waals surface area contributed by atoms with Crippen LogP contribution in [-0.2, 0) is 10.0 Å². The minimum absolute atomic E-state index is 0.0163. The summed E-state index contributed by atoms with van der Waals surface area (Å²) >= 11 is 0. The van der Waals surface area contributed by atoms with E-state index in [2.05, 4.69) is 4.72 Å². The number of hydrogen-bond acceptors (Lipinski definition) is 4. The molecule has 0 aliphatic heterocycles. The lowest BCUT2D eigenvalue weighted by Crippen LogP contribution is -2.36. The van der Waals surface area contributed by atoms with Crippen LogP contribution in [0, 0.1) is 12.8 Å². The van der Waals surface area contributed by atoms with Gasteiger partial charge in [0.2, 0.25) is 10.0 Å². The van der Waals surface area contributed by atoms with Crippen LogP contribution in [0.2, 0.25) is 0 Å². The molecular weight excluding hydrogens is 276 g/mol. The largest absolute Gasteiger partial charge is 0.398 e. The first kappa shape index (κ1) is 16.9. The highest BCUT2D eigenvalue weighted by atomic mass is 32.2. The van der Waals surface area contributed by atoms with Crippen LogP contribution < -0.4 is 10.5 Å². The molecule has 0 fully saturated rings. The predicted octanol–water partition coefficient (Wildman–Crippen LogP) is 1.65. The van der Waals surface area contributed by atoms with Crippen LogP contribution in [0.5, 0.6) is 0 Å². The molecule has 4 N–H and O–H groups in total. The summed E-state index contributed by atoms with van der Waals surface area (Å²) in [6.07, 6.45) is 0.955. The van der Waals surface area contributed by atoms with E-state index in [9.17, 15) is 13.5 Å². The summed E-state index contributed by atoms with van der Waals surface area (Å²) in [7, 11) is -3.63. The average Bonchev–Trinajstić information content (AvgIpc) is 2.41. The van der Waals surface area contributed by atoms with Gasteiger partial charge in [-0.3, -0.25) is 0 Å². The fraction of sp³-hybridized carbons (Fsp3) is 0.571. The Bertz CT molecular complexity index is 539. The summed E-state index contributed by atoms with van der Waals surface area (Å²) in [4.78, 5) is 0.123. The first-order valence-electron chi connectivity index (χ1n) is 6.85. The SMILES string of the molecule is CCC(CC)C(O)CNS(=O)(=O)c1ccc(C)c(N)c1. The number of anilines is 1.